The number of nitro groups is 1. The standard InChI is InChI=1S/C21H28FN3O5S/c1-6-29-15-9-13-12-31-18(24(5)19(26)30-20(2,3)4)23-21(13,11-15)16-10-14(25(27)28)7-8-17(16)22/h7-8,10,13,15H,6,9,11-12H2,1-5H3/t13-,15-,21-/m0/s1. The predicted octanol–water partition coefficient (Wildman–Crippen LogP) is 4.71. The second kappa shape index (κ2) is 8.74. The molecule has 0 saturated heterocycles. The summed E-state index contributed by atoms with van der Waals surface area (Å²) >= 11 is 1.39. The highest BCUT2D eigenvalue weighted by Gasteiger charge is 2.53. The Bertz CT molecular complexity index is 903. The summed E-state index contributed by atoms with van der Waals surface area (Å²) < 4.78 is 26.3. The van der Waals surface area contributed by atoms with Crippen LogP contribution in [-0.4, -0.2) is 52.2 Å². The van der Waals surface area contributed by atoms with Crippen molar-refractivity contribution in [3.8, 4) is 0 Å². The minimum atomic E-state index is -1.05. The molecule has 0 aromatic heterocycles. The summed E-state index contributed by atoms with van der Waals surface area (Å²) in [6, 6.07) is 3.53. The third-order valence-electron chi connectivity index (χ3n) is 5.45. The van der Waals surface area contributed by atoms with E-state index in [1.807, 2.05) is 6.92 Å². The minimum absolute atomic E-state index is 0.0821. The molecule has 1 heterocycles. The molecule has 0 N–H and O–H groups in total. The Balaban J connectivity index is 2.07. The monoisotopic (exact) mass is 453 g/mol. The molecule has 0 radical (unpaired) electrons. The summed E-state index contributed by atoms with van der Waals surface area (Å²) in [5.74, 6) is -0.0541. The van der Waals surface area contributed by atoms with Crippen LogP contribution >= 0.6 is 11.8 Å². The highest BCUT2D eigenvalue weighted by molar-refractivity contribution is 8.13. The Morgan fingerprint density at radius 3 is 2.77 bits per heavy atom. The number of hydrogen-bond acceptors (Lipinski definition) is 7. The molecule has 8 nitrogen and oxygen atoms in total. The Labute approximate surface area is 185 Å². The summed E-state index contributed by atoms with van der Waals surface area (Å²) in [7, 11) is 1.56. The van der Waals surface area contributed by atoms with Crippen LogP contribution in [0.4, 0.5) is 14.9 Å². The normalized spacial score (nSPS) is 25.5. The smallest absolute Gasteiger partial charge is 0.416 e. The summed E-state index contributed by atoms with van der Waals surface area (Å²) in [6.07, 6.45) is 0.335. The van der Waals surface area contributed by atoms with Crippen LogP contribution in [-0.2, 0) is 15.0 Å². The van der Waals surface area contributed by atoms with E-state index >= 15 is 4.39 Å². The average Bonchev–Trinajstić information content (AvgIpc) is 3.04. The number of amides is 1. The molecule has 1 aromatic carbocycles. The van der Waals surface area contributed by atoms with Crippen LogP contribution in [0, 0.1) is 21.8 Å². The second-order valence-corrected chi connectivity index (χ2v) is 9.79. The van der Waals surface area contributed by atoms with Crippen molar-refractivity contribution in [2.75, 3.05) is 19.4 Å². The molecule has 1 aliphatic carbocycles. The van der Waals surface area contributed by atoms with Gasteiger partial charge in [-0.1, -0.05) is 11.8 Å². The van der Waals surface area contributed by atoms with Gasteiger partial charge in [0.2, 0.25) is 0 Å². The number of aliphatic imine (C=N–C) groups is 1. The summed E-state index contributed by atoms with van der Waals surface area (Å²) in [5, 5.41) is 11.7. The lowest BCUT2D eigenvalue weighted by molar-refractivity contribution is -0.385. The van der Waals surface area contributed by atoms with Gasteiger partial charge in [0.05, 0.1) is 16.6 Å². The van der Waals surface area contributed by atoms with Gasteiger partial charge in [-0.05, 0) is 40.2 Å². The van der Waals surface area contributed by atoms with E-state index in [9.17, 15) is 14.9 Å². The number of hydrogen-bond donors (Lipinski definition) is 0. The molecule has 1 amide bonds. The highest BCUT2D eigenvalue weighted by Crippen LogP contribution is 2.53. The number of halogens is 1. The molecule has 10 heteroatoms. The van der Waals surface area contributed by atoms with Gasteiger partial charge in [-0.25, -0.2) is 14.2 Å². The largest absolute Gasteiger partial charge is 0.443 e. The molecule has 0 spiro atoms. The fraction of sp³-hybridized carbons (Fsp3) is 0.619. The number of amidine groups is 1. The SMILES string of the molecule is CCO[C@H]1C[C@H]2CSC(N(C)C(=O)OC(C)(C)C)=N[C@@]2(c2cc([N+](=O)[O-])ccc2F)C1. The van der Waals surface area contributed by atoms with Gasteiger partial charge >= 0.3 is 6.09 Å². The van der Waals surface area contributed by atoms with Gasteiger partial charge in [0.15, 0.2) is 5.17 Å². The summed E-state index contributed by atoms with van der Waals surface area (Å²) in [5.41, 5.74) is -1.75. The van der Waals surface area contributed by atoms with E-state index in [0.29, 0.717) is 30.4 Å². The number of carbonyl (C=O) groups excluding carboxylic acids is 1. The molecular formula is C21H28FN3O5S. The van der Waals surface area contributed by atoms with Gasteiger partial charge in [-0.2, -0.15) is 0 Å². The van der Waals surface area contributed by atoms with Crippen molar-refractivity contribution in [2.45, 2.75) is 57.8 Å². The quantitative estimate of drug-likeness (QED) is 0.484. The van der Waals surface area contributed by atoms with Crippen LogP contribution < -0.4 is 0 Å². The molecular weight excluding hydrogens is 425 g/mol. The van der Waals surface area contributed by atoms with E-state index in [4.69, 9.17) is 14.5 Å². The molecule has 1 saturated carbocycles. The van der Waals surface area contributed by atoms with Crippen LogP contribution in [0.25, 0.3) is 0 Å². The van der Waals surface area contributed by atoms with Gasteiger partial charge in [-0.15, -0.1) is 0 Å². The zero-order valence-electron chi connectivity index (χ0n) is 18.4. The summed E-state index contributed by atoms with van der Waals surface area (Å²) in [6.45, 7) is 7.71. The highest BCUT2D eigenvalue weighted by atomic mass is 32.2. The van der Waals surface area contributed by atoms with E-state index in [-0.39, 0.29) is 23.3 Å². The number of non-ortho nitro benzene ring substituents is 1. The van der Waals surface area contributed by atoms with E-state index in [1.165, 1.54) is 22.7 Å². The Hall–Kier alpha value is -2.20. The maximum absolute atomic E-state index is 15.0. The van der Waals surface area contributed by atoms with Gasteiger partial charge in [0.25, 0.3) is 5.69 Å². The number of rotatable bonds is 4. The molecule has 170 valence electrons. The van der Waals surface area contributed by atoms with Crippen molar-refractivity contribution in [2.24, 2.45) is 10.9 Å². The van der Waals surface area contributed by atoms with Crippen LogP contribution in [0.5, 0.6) is 0 Å². The van der Waals surface area contributed by atoms with Crippen LogP contribution in [0.1, 0.15) is 46.1 Å². The number of fused-ring (bicyclic) bond motifs is 1. The average molecular weight is 454 g/mol. The number of ether oxygens (including phenoxy) is 2. The van der Waals surface area contributed by atoms with Crippen LogP contribution in [0.2, 0.25) is 0 Å². The fourth-order valence-corrected chi connectivity index (χ4v) is 5.38. The molecule has 3 rings (SSSR count). The second-order valence-electron chi connectivity index (χ2n) is 8.80. The number of carbonyl (C=O) groups is 1. The molecule has 1 fully saturated rings. The molecule has 0 bridgehead atoms. The molecule has 2 aliphatic rings. The molecule has 3 atom stereocenters. The molecule has 1 aromatic rings. The van der Waals surface area contributed by atoms with E-state index in [2.05, 4.69) is 0 Å². The van der Waals surface area contributed by atoms with E-state index < -0.39 is 28.0 Å². The number of nitro benzene ring substituents is 1. The third-order valence-corrected chi connectivity index (χ3v) is 6.65. The van der Waals surface area contributed by atoms with Crippen molar-refractivity contribution in [3.63, 3.8) is 0 Å². The summed E-state index contributed by atoms with van der Waals surface area (Å²) in [4.78, 5) is 29.6. The first-order chi connectivity index (χ1) is 14.5. The lowest BCUT2D eigenvalue weighted by atomic mass is 9.81. The maximum Gasteiger partial charge on any atom is 0.416 e. The fourth-order valence-electron chi connectivity index (χ4n) is 4.12. The van der Waals surface area contributed by atoms with Crippen molar-refractivity contribution in [1.82, 2.24) is 4.90 Å². The third kappa shape index (κ3) is 4.85. The number of nitrogens with zero attached hydrogens (tertiary/aromatic N) is 3. The number of thioether (sulfide) groups is 1. The van der Waals surface area contributed by atoms with Gasteiger partial charge in [-0.3, -0.25) is 15.0 Å². The Morgan fingerprint density at radius 1 is 1.45 bits per heavy atom. The van der Waals surface area contributed by atoms with E-state index in [0.717, 1.165) is 12.1 Å². The first-order valence-electron chi connectivity index (χ1n) is 10.2. The lowest BCUT2D eigenvalue weighted by Gasteiger charge is -2.38. The first kappa shape index (κ1) is 23.5. The first-order valence-corrected chi connectivity index (χ1v) is 11.2. The molecule has 1 aliphatic heterocycles. The Kier molecular flexibility index (Phi) is 6.61. The van der Waals surface area contributed by atoms with Gasteiger partial charge < -0.3 is 9.47 Å². The van der Waals surface area contributed by atoms with Crippen molar-refractivity contribution >= 4 is 28.7 Å². The van der Waals surface area contributed by atoms with Crippen molar-refractivity contribution in [3.05, 3.63) is 39.7 Å². The Morgan fingerprint density at radius 2 is 2.16 bits per heavy atom. The zero-order chi connectivity index (χ0) is 23.0. The zero-order valence-corrected chi connectivity index (χ0v) is 19.2. The minimum Gasteiger partial charge on any atom is -0.443 e. The lowest BCUT2D eigenvalue weighted by Crippen LogP contribution is -2.43. The topological polar surface area (TPSA) is 94.3 Å². The van der Waals surface area contributed by atoms with Crippen molar-refractivity contribution < 1.29 is 23.6 Å². The molecule has 31 heavy (non-hydrogen) atoms. The van der Waals surface area contributed by atoms with E-state index in [1.54, 1.807) is 27.8 Å². The predicted molar refractivity (Wildman–Crippen MR) is 117 cm³/mol. The maximum atomic E-state index is 15.0. The number of benzene rings is 1. The van der Waals surface area contributed by atoms with Crippen LogP contribution in [0.3, 0.4) is 0 Å². The van der Waals surface area contributed by atoms with Gasteiger partial charge in [0.1, 0.15) is 11.4 Å². The van der Waals surface area contributed by atoms with Crippen molar-refractivity contribution in [1.29, 1.82) is 0 Å². The van der Waals surface area contributed by atoms with Crippen LogP contribution in [0.15, 0.2) is 23.2 Å². The van der Waals surface area contributed by atoms with Gasteiger partial charge in [0, 0.05) is 49.4 Å². The molecule has 0 unspecified atom stereocenters.